The van der Waals surface area contributed by atoms with Crippen LogP contribution in [0.2, 0.25) is 5.02 Å². The van der Waals surface area contributed by atoms with Crippen LogP contribution in [0.25, 0.3) is 0 Å². The molecule has 0 aromatic heterocycles. The van der Waals surface area contributed by atoms with Crippen molar-refractivity contribution in [3.63, 3.8) is 0 Å². The average Bonchev–Trinajstić information content (AvgIpc) is 3.47. The van der Waals surface area contributed by atoms with E-state index < -0.39 is 29.7 Å². The zero-order valence-electron chi connectivity index (χ0n) is 33.8. The van der Waals surface area contributed by atoms with Crippen LogP contribution in [-0.4, -0.2) is 91.0 Å². The molecule has 308 valence electrons. The van der Waals surface area contributed by atoms with Gasteiger partial charge in [-0.3, -0.25) is 34.2 Å². The number of ether oxygens (including phenoxy) is 2. The molecule has 4 aliphatic heterocycles. The highest BCUT2D eigenvalue weighted by atomic mass is 35.5. The van der Waals surface area contributed by atoms with Crippen molar-refractivity contribution in [3.8, 4) is 11.8 Å². The molecule has 1 atom stereocenters. The summed E-state index contributed by atoms with van der Waals surface area (Å²) in [6.45, 7) is 11.6. The molecule has 0 spiro atoms. The largest absolute Gasteiger partial charge is 0.489 e. The van der Waals surface area contributed by atoms with Crippen LogP contribution in [0.1, 0.15) is 103 Å². The molecule has 59 heavy (non-hydrogen) atoms. The van der Waals surface area contributed by atoms with E-state index in [1.807, 2.05) is 30.3 Å². The van der Waals surface area contributed by atoms with Crippen LogP contribution in [0.3, 0.4) is 0 Å². The van der Waals surface area contributed by atoms with Crippen LogP contribution < -0.4 is 25.2 Å². The van der Waals surface area contributed by atoms with Gasteiger partial charge in [-0.2, -0.15) is 5.26 Å². The van der Waals surface area contributed by atoms with Gasteiger partial charge in [-0.25, -0.2) is 0 Å². The number of nitriles is 1. The van der Waals surface area contributed by atoms with E-state index in [0.29, 0.717) is 21.9 Å². The molecule has 3 saturated heterocycles. The minimum atomic E-state index is -0.985. The SMILES string of the molecule is CC1(C)C(NC(=O)c2ccc(N3CCC(OC4CCN(c5ccc6c(c5)C(=O)N(C5CCC(=O)NC5=O)C6=O)CC4)CC3)cc2)C(C)(C)C1Oc1ccc(C#N)c(Cl)c1. The fourth-order valence-electron chi connectivity index (χ4n) is 10.1. The second-order valence-electron chi connectivity index (χ2n) is 17.5. The number of hydrogen-bond acceptors (Lipinski definition) is 10. The van der Waals surface area contributed by atoms with E-state index in [-0.39, 0.29) is 65.1 Å². The number of carbonyl (C=O) groups is 5. The van der Waals surface area contributed by atoms with E-state index in [9.17, 15) is 29.2 Å². The number of hydrogen-bond donors (Lipinski definition) is 2. The van der Waals surface area contributed by atoms with Crippen molar-refractivity contribution in [2.75, 3.05) is 36.0 Å². The number of fused-ring (bicyclic) bond motifs is 1. The molecule has 0 radical (unpaired) electrons. The number of carbonyl (C=O) groups excluding carboxylic acids is 5. The molecular weight excluding hydrogens is 772 g/mol. The predicted molar refractivity (Wildman–Crippen MR) is 221 cm³/mol. The molecule has 13 nitrogen and oxygen atoms in total. The lowest BCUT2D eigenvalue weighted by Gasteiger charge is -2.63. The summed E-state index contributed by atoms with van der Waals surface area (Å²) in [5, 5.41) is 15.1. The number of nitrogens with one attached hydrogen (secondary N) is 2. The smallest absolute Gasteiger partial charge is 0.262 e. The van der Waals surface area contributed by atoms with Crippen molar-refractivity contribution in [2.45, 2.75) is 96.6 Å². The number of amides is 5. The molecule has 1 aliphatic carbocycles. The fourth-order valence-corrected chi connectivity index (χ4v) is 10.3. The van der Waals surface area contributed by atoms with Gasteiger partial charge in [0.2, 0.25) is 11.8 Å². The van der Waals surface area contributed by atoms with Crippen molar-refractivity contribution in [2.24, 2.45) is 10.8 Å². The van der Waals surface area contributed by atoms with Gasteiger partial charge in [0, 0.05) is 72.5 Å². The van der Waals surface area contributed by atoms with Gasteiger partial charge in [0.1, 0.15) is 24.0 Å². The Balaban J connectivity index is 0.789. The van der Waals surface area contributed by atoms with E-state index in [2.05, 4.69) is 54.2 Å². The molecule has 14 heteroatoms. The Morgan fingerprint density at radius 2 is 1.39 bits per heavy atom. The first-order valence-electron chi connectivity index (χ1n) is 20.4. The number of benzene rings is 3. The van der Waals surface area contributed by atoms with Gasteiger partial charge in [0.25, 0.3) is 17.7 Å². The monoisotopic (exact) mass is 820 g/mol. The van der Waals surface area contributed by atoms with Gasteiger partial charge in [0.05, 0.1) is 33.9 Å². The lowest BCUT2D eigenvalue weighted by Crippen LogP contribution is -2.74. The molecular formula is C45H49ClN6O7. The third-order valence-electron chi connectivity index (χ3n) is 13.0. The van der Waals surface area contributed by atoms with E-state index in [0.717, 1.165) is 68.1 Å². The van der Waals surface area contributed by atoms with Gasteiger partial charge in [0.15, 0.2) is 0 Å². The van der Waals surface area contributed by atoms with E-state index in [1.54, 1.807) is 30.3 Å². The van der Waals surface area contributed by atoms with Crippen molar-refractivity contribution in [3.05, 3.63) is 87.9 Å². The summed E-state index contributed by atoms with van der Waals surface area (Å²) in [5.74, 6) is -1.56. The number of piperidine rings is 3. The summed E-state index contributed by atoms with van der Waals surface area (Å²) in [5.41, 5.74) is 2.76. The molecule has 0 bridgehead atoms. The molecule has 4 heterocycles. The molecule has 4 fully saturated rings. The Kier molecular flexibility index (Phi) is 10.7. The third kappa shape index (κ3) is 7.53. The number of anilines is 2. The van der Waals surface area contributed by atoms with Gasteiger partial charge < -0.3 is 24.6 Å². The maximum atomic E-state index is 13.5. The van der Waals surface area contributed by atoms with Gasteiger partial charge in [-0.05, 0) is 86.7 Å². The summed E-state index contributed by atoms with van der Waals surface area (Å²) >= 11 is 6.25. The van der Waals surface area contributed by atoms with Gasteiger partial charge in [-0.1, -0.05) is 39.3 Å². The number of halogens is 1. The average molecular weight is 821 g/mol. The number of rotatable bonds is 9. The molecule has 5 aliphatic rings. The maximum Gasteiger partial charge on any atom is 0.262 e. The second-order valence-corrected chi connectivity index (χ2v) is 17.9. The number of imide groups is 2. The lowest BCUT2D eigenvalue weighted by molar-refractivity contribution is -0.164. The van der Waals surface area contributed by atoms with Crippen LogP contribution >= 0.6 is 11.6 Å². The first kappa shape index (κ1) is 40.3. The minimum Gasteiger partial charge on any atom is -0.489 e. The first-order chi connectivity index (χ1) is 28.1. The van der Waals surface area contributed by atoms with Crippen molar-refractivity contribution in [1.29, 1.82) is 5.26 Å². The topological polar surface area (TPSA) is 161 Å². The zero-order chi connectivity index (χ0) is 41.8. The van der Waals surface area contributed by atoms with E-state index >= 15 is 0 Å². The quantitative estimate of drug-likeness (QED) is 0.250. The Bertz CT molecular complexity index is 2220. The van der Waals surface area contributed by atoms with E-state index in [4.69, 9.17) is 21.1 Å². The molecule has 8 rings (SSSR count). The summed E-state index contributed by atoms with van der Waals surface area (Å²) in [4.78, 5) is 69.5. The number of nitrogens with zero attached hydrogens (tertiary/aromatic N) is 4. The van der Waals surface area contributed by atoms with Gasteiger partial charge in [-0.15, -0.1) is 0 Å². The maximum absolute atomic E-state index is 13.5. The van der Waals surface area contributed by atoms with Gasteiger partial charge >= 0.3 is 0 Å². The summed E-state index contributed by atoms with van der Waals surface area (Å²) in [6.07, 6.45) is 3.78. The standard InChI is InChI=1S/C45H49ClN6O7/c1-44(2)42(45(3,4)43(44)59-32-11-7-27(25-47)35(46)24-32)49-38(54)26-5-8-28(9-6-26)50-19-15-30(16-20-50)58-31-17-21-51(22-18-31)29-10-12-33-34(23-29)41(57)52(40(33)56)36-13-14-37(53)48-39(36)55/h5-12,23-24,30-31,36,42-43H,13-22H2,1-4H3,(H,49,54)(H,48,53,55). The predicted octanol–water partition coefficient (Wildman–Crippen LogP) is 5.88. The molecule has 1 saturated carbocycles. The van der Waals surface area contributed by atoms with Crippen LogP contribution in [0.15, 0.2) is 60.7 Å². The first-order valence-corrected chi connectivity index (χ1v) is 20.8. The lowest BCUT2D eigenvalue weighted by atomic mass is 9.49. The van der Waals surface area contributed by atoms with Crippen LogP contribution in [0.5, 0.6) is 5.75 Å². The van der Waals surface area contributed by atoms with Crippen molar-refractivity contribution in [1.82, 2.24) is 15.5 Å². The molecule has 5 amide bonds. The second kappa shape index (κ2) is 15.6. The minimum absolute atomic E-state index is 0.0830. The highest BCUT2D eigenvalue weighted by Gasteiger charge is 2.64. The Labute approximate surface area is 348 Å². The molecule has 1 unspecified atom stereocenters. The van der Waals surface area contributed by atoms with Crippen molar-refractivity contribution >= 4 is 52.5 Å². The highest BCUT2D eigenvalue weighted by molar-refractivity contribution is 6.31. The highest BCUT2D eigenvalue weighted by Crippen LogP contribution is 2.55. The Morgan fingerprint density at radius 1 is 0.797 bits per heavy atom. The normalized spacial score (nSPS) is 24.3. The van der Waals surface area contributed by atoms with Crippen LogP contribution in [-0.2, 0) is 14.3 Å². The summed E-state index contributed by atoms with van der Waals surface area (Å²) in [6, 6.07) is 19.1. The van der Waals surface area contributed by atoms with E-state index in [1.165, 1.54) is 0 Å². The van der Waals surface area contributed by atoms with Crippen molar-refractivity contribution < 1.29 is 33.4 Å². The Hall–Kier alpha value is -5.45. The summed E-state index contributed by atoms with van der Waals surface area (Å²) < 4.78 is 13.0. The zero-order valence-corrected chi connectivity index (χ0v) is 34.5. The van der Waals surface area contributed by atoms with Crippen LogP contribution in [0.4, 0.5) is 11.4 Å². The summed E-state index contributed by atoms with van der Waals surface area (Å²) in [7, 11) is 0. The molecule has 3 aromatic carbocycles. The molecule has 2 N–H and O–H groups in total. The molecule has 3 aromatic rings. The Morgan fingerprint density at radius 3 is 1.98 bits per heavy atom. The third-order valence-corrected chi connectivity index (χ3v) is 13.3. The fraction of sp³-hybridized carbons (Fsp3) is 0.467. The van der Waals surface area contributed by atoms with Crippen LogP contribution in [0, 0.1) is 22.2 Å².